The molecule has 17 heavy (non-hydrogen) atoms. The maximum Gasteiger partial charge on any atom is 0.00110 e. The van der Waals surface area contributed by atoms with E-state index in [-0.39, 0.29) is 0 Å². The lowest BCUT2D eigenvalue weighted by Gasteiger charge is -2.43. The predicted octanol–water partition coefficient (Wildman–Crippen LogP) is 3.71. The average Bonchev–Trinajstić information content (AvgIpc) is 2.28. The maximum absolute atomic E-state index is 3.62. The third-order valence-corrected chi connectivity index (χ3v) is 4.17. The van der Waals surface area contributed by atoms with Gasteiger partial charge in [-0.15, -0.1) is 0 Å². The van der Waals surface area contributed by atoms with Crippen molar-refractivity contribution in [1.82, 2.24) is 5.32 Å². The van der Waals surface area contributed by atoms with Gasteiger partial charge in [0.05, 0.1) is 0 Å². The molecule has 1 heteroatoms. The van der Waals surface area contributed by atoms with Crippen LogP contribution in [0.3, 0.4) is 0 Å². The van der Waals surface area contributed by atoms with Gasteiger partial charge in [-0.25, -0.2) is 0 Å². The fraction of sp³-hybridized carbons (Fsp3) is 0.625. The Kier molecular flexibility index (Phi) is 4.22. The van der Waals surface area contributed by atoms with Crippen LogP contribution in [0.5, 0.6) is 0 Å². The highest BCUT2D eigenvalue weighted by molar-refractivity contribution is 5.27. The highest BCUT2D eigenvalue weighted by atomic mass is 14.9. The number of hydrogen-bond donors (Lipinski definition) is 1. The van der Waals surface area contributed by atoms with Crippen molar-refractivity contribution < 1.29 is 0 Å². The lowest BCUT2D eigenvalue weighted by molar-refractivity contribution is 0.130. The smallest absolute Gasteiger partial charge is 0.00110 e. The van der Waals surface area contributed by atoms with E-state index in [1.807, 2.05) is 0 Å². The van der Waals surface area contributed by atoms with Crippen molar-refractivity contribution in [2.45, 2.75) is 46.0 Å². The largest absolute Gasteiger partial charge is 0.316 e. The van der Waals surface area contributed by atoms with Gasteiger partial charge in [-0.1, -0.05) is 37.6 Å². The van der Waals surface area contributed by atoms with Crippen LogP contribution in [0.25, 0.3) is 0 Å². The summed E-state index contributed by atoms with van der Waals surface area (Å²) in [6.07, 6.45) is 6.71. The lowest BCUT2D eigenvalue weighted by atomic mass is 9.65. The Labute approximate surface area is 106 Å². The third-order valence-electron chi connectivity index (χ3n) is 4.17. The molecule has 1 N–H and O–H groups in total. The van der Waals surface area contributed by atoms with Crippen LogP contribution >= 0.6 is 0 Å². The van der Waals surface area contributed by atoms with Crippen LogP contribution in [-0.4, -0.2) is 13.1 Å². The van der Waals surface area contributed by atoms with E-state index in [4.69, 9.17) is 0 Å². The Bertz CT molecular complexity index is 352. The van der Waals surface area contributed by atoms with Crippen LogP contribution in [0, 0.1) is 12.3 Å². The zero-order valence-electron chi connectivity index (χ0n) is 11.3. The van der Waals surface area contributed by atoms with Crippen LogP contribution in [0.2, 0.25) is 0 Å². The molecule has 1 aromatic rings. The number of rotatable bonds is 6. The zero-order chi connectivity index (χ0) is 12.1. The molecular weight excluding hydrogens is 206 g/mol. The van der Waals surface area contributed by atoms with Gasteiger partial charge < -0.3 is 5.32 Å². The van der Waals surface area contributed by atoms with Crippen LogP contribution in [-0.2, 0) is 6.42 Å². The first-order chi connectivity index (χ1) is 8.26. The molecule has 0 heterocycles. The van der Waals surface area contributed by atoms with Crippen LogP contribution in [0.15, 0.2) is 24.3 Å². The van der Waals surface area contributed by atoms with Crippen molar-refractivity contribution >= 4 is 0 Å². The quantitative estimate of drug-likeness (QED) is 0.736. The minimum absolute atomic E-state index is 0.557. The molecule has 1 nitrogen and oxygen atoms in total. The fourth-order valence-corrected chi connectivity index (χ4v) is 2.84. The molecule has 1 aliphatic rings. The summed E-state index contributed by atoms with van der Waals surface area (Å²) in [5.41, 5.74) is 3.56. The van der Waals surface area contributed by atoms with Gasteiger partial charge in [0.25, 0.3) is 0 Å². The van der Waals surface area contributed by atoms with Gasteiger partial charge in [-0.05, 0) is 55.7 Å². The van der Waals surface area contributed by atoms with Crippen molar-refractivity contribution in [3.63, 3.8) is 0 Å². The Morgan fingerprint density at radius 3 is 2.59 bits per heavy atom. The first kappa shape index (κ1) is 12.6. The van der Waals surface area contributed by atoms with Gasteiger partial charge in [0.2, 0.25) is 0 Å². The SMILES string of the molecule is CCCNCC1(Cc2ccccc2C)CCC1. The third kappa shape index (κ3) is 3.10. The topological polar surface area (TPSA) is 12.0 Å². The summed E-state index contributed by atoms with van der Waals surface area (Å²) in [6.45, 7) is 6.84. The first-order valence-electron chi connectivity index (χ1n) is 7.01. The summed E-state index contributed by atoms with van der Waals surface area (Å²) in [4.78, 5) is 0. The Morgan fingerprint density at radius 2 is 2.00 bits per heavy atom. The van der Waals surface area contributed by atoms with Crippen molar-refractivity contribution in [1.29, 1.82) is 0 Å². The summed E-state index contributed by atoms with van der Waals surface area (Å²) in [5, 5.41) is 3.62. The van der Waals surface area contributed by atoms with Gasteiger partial charge in [-0.3, -0.25) is 0 Å². The molecule has 1 aliphatic carbocycles. The summed E-state index contributed by atoms with van der Waals surface area (Å²) >= 11 is 0. The molecule has 1 saturated carbocycles. The normalized spacial score (nSPS) is 17.8. The molecule has 0 radical (unpaired) electrons. The Morgan fingerprint density at radius 1 is 1.24 bits per heavy atom. The molecule has 2 rings (SSSR count). The van der Waals surface area contributed by atoms with Crippen LogP contribution < -0.4 is 5.32 Å². The van der Waals surface area contributed by atoms with Crippen molar-refractivity contribution in [2.24, 2.45) is 5.41 Å². The highest BCUT2D eigenvalue weighted by Gasteiger charge is 2.36. The standard InChI is InChI=1S/C16H25N/c1-3-11-17-13-16(9-6-10-16)12-15-8-5-4-7-14(15)2/h4-5,7-8,17H,3,6,9-13H2,1-2H3. The van der Waals surface area contributed by atoms with E-state index in [0.29, 0.717) is 5.41 Å². The van der Waals surface area contributed by atoms with E-state index in [1.54, 1.807) is 5.56 Å². The molecule has 1 aromatic carbocycles. The minimum atomic E-state index is 0.557. The Balaban J connectivity index is 1.97. The molecule has 0 amide bonds. The Hall–Kier alpha value is -0.820. The number of nitrogens with one attached hydrogen (secondary N) is 1. The number of hydrogen-bond acceptors (Lipinski definition) is 1. The maximum atomic E-state index is 3.62. The predicted molar refractivity (Wildman–Crippen MR) is 74.3 cm³/mol. The second kappa shape index (κ2) is 5.68. The fourth-order valence-electron chi connectivity index (χ4n) is 2.84. The van der Waals surface area contributed by atoms with Gasteiger partial charge in [0, 0.05) is 6.54 Å². The lowest BCUT2D eigenvalue weighted by Crippen LogP contribution is -2.42. The van der Waals surface area contributed by atoms with Crippen molar-refractivity contribution in [2.75, 3.05) is 13.1 Å². The molecule has 0 aliphatic heterocycles. The van der Waals surface area contributed by atoms with Crippen molar-refractivity contribution in [3.8, 4) is 0 Å². The van der Waals surface area contributed by atoms with Gasteiger partial charge in [0.1, 0.15) is 0 Å². The summed E-state index contributed by atoms with van der Waals surface area (Å²) in [7, 11) is 0. The second-order valence-corrected chi connectivity index (χ2v) is 5.63. The number of aryl methyl sites for hydroxylation is 1. The molecule has 94 valence electrons. The monoisotopic (exact) mass is 231 g/mol. The van der Waals surface area contributed by atoms with E-state index in [9.17, 15) is 0 Å². The molecule has 0 aromatic heterocycles. The molecule has 0 atom stereocenters. The minimum Gasteiger partial charge on any atom is -0.316 e. The van der Waals surface area contributed by atoms with E-state index in [2.05, 4.69) is 43.4 Å². The van der Waals surface area contributed by atoms with Gasteiger partial charge in [-0.2, -0.15) is 0 Å². The first-order valence-corrected chi connectivity index (χ1v) is 7.01. The zero-order valence-corrected chi connectivity index (χ0v) is 11.3. The van der Waals surface area contributed by atoms with Crippen molar-refractivity contribution in [3.05, 3.63) is 35.4 Å². The molecular formula is C16H25N. The number of benzene rings is 1. The van der Waals surface area contributed by atoms with E-state index < -0.39 is 0 Å². The summed E-state index contributed by atoms with van der Waals surface area (Å²) in [6, 6.07) is 8.85. The van der Waals surface area contributed by atoms with Gasteiger partial charge >= 0.3 is 0 Å². The molecule has 0 bridgehead atoms. The van der Waals surface area contributed by atoms with E-state index in [1.165, 1.54) is 44.2 Å². The molecule has 1 fully saturated rings. The molecule has 0 unspecified atom stereocenters. The van der Waals surface area contributed by atoms with Gasteiger partial charge in [0.15, 0.2) is 0 Å². The summed E-state index contributed by atoms with van der Waals surface area (Å²) in [5.74, 6) is 0. The second-order valence-electron chi connectivity index (χ2n) is 5.63. The highest BCUT2D eigenvalue weighted by Crippen LogP contribution is 2.43. The summed E-state index contributed by atoms with van der Waals surface area (Å²) < 4.78 is 0. The van der Waals surface area contributed by atoms with E-state index in [0.717, 1.165) is 6.54 Å². The van der Waals surface area contributed by atoms with Crippen LogP contribution in [0.1, 0.15) is 43.7 Å². The van der Waals surface area contributed by atoms with E-state index >= 15 is 0 Å². The van der Waals surface area contributed by atoms with Crippen LogP contribution in [0.4, 0.5) is 0 Å². The molecule has 0 saturated heterocycles. The average molecular weight is 231 g/mol. The molecule has 0 spiro atoms.